The Kier molecular flexibility index (Phi) is 5.19. The lowest BCUT2D eigenvalue weighted by Gasteiger charge is -2.21. The molecule has 3 aromatic rings. The van der Waals surface area contributed by atoms with Gasteiger partial charge in [-0.1, -0.05) is 18.2 Å². The first-order valence-electron chi connectivity index (χ1n) is 9.51. The van der Waals surface area contributed by atoms with E-state index in [0.29, 0.717) is 5.82 Å². The zero-order valence-electron chi connectivity index (χ0n) is 15.8. The van der Waals surface area contributed by atoms with Gasteiger partial charge in [0, 0.05) is 30.7 Å². The molecule has 2 N–H and O–H groups in total. The highest BCUT2D eigenvalue weighted by Gasteiger charge is 2.25. The number of hydrogen-bond acceptors (Lipinski definition) is 4. The molecule has 1 aromatic carbocycles. The second kappa shape index (κ2) is 8.08. The molecule has 0 bridgehead atoms. The molecule has 1 atom stereocenters. The smallest absolute Gasteiger partial charge is 0.323 e. The Bertz CT molecular complexity index is 960. The molecule has 1 fully saturated rings. The lowest BCUT2D eigenvalue weighted by atomic mass is 10.1. The minimum Gasteiger partial charge on any atom is -0.340 e. The molecule has 6 nitrogen and oxygen atoms in total. The van der Waals surface area contributed by atoms with E-state index in [4.69, 9.17) is 0 Å². The summed E-state index contributed by atoms with van der Waals surface area (Å²) in [6.07, 6.45) is 5.58. The molecule has 3 heterocycles. The zero-order valence-corrected chi connectivity index (χ0v) is 15.8. The first-order chi connectivity index (χ1) is 13.7. The molecular weight excluding hydrogens is 350 g/mol. The van der Waals surface area contributed by atoms with Crippen molar-refractivity contribution in [2.45, 2.75) is 25.8 Å². The van der Waals surface area contributed by atoms with Crippen LogP contribution >= 0.6 is 0 Å². The minimum absolute atomic E-state index is 0.0872. The maximum absolute atomic E-state index is 12.5. The monoisotopic (exact) mass is 373 g/mol. The molecule has 0 radical (unpaired) electrons. The highest BCUT2D eigenvalue weighted by molar-refractivity contribution is 5.89. The van der Waals surface area contributed by atoms with Crippen LogP contribution in [0.15, 0.2) is 67.0 Å². The molecular formula is C22H23N5O. The van der Waals surface area contributed by atoms with E-state index >= 15 is 0 Å². The number of anilines is 3. The van der Waals surface area contributed by atoms with E-state index in [-0.39, 0.29) is 12.1 Å². The van der Waals surface area contributed by atoms with Gasteiger partial charge in [-0.25, -0.2) is 14.8 Å². The highest BCUT2D eigenvalue weighted by atomic mass is 16.2. The van der Waals surface area contributed by atoms with Gasteiger partial charge in [0.25, 0.3) is 0 Å². The number of carbonyl (C=O) groups excluding carboxylic acids is 1. The van der Waals surface area contributed by atoms with E-state index in [0.717, 1.165) is 42.0 Å². The Morgan fingerprint density at radius 2 is 1.68 bits per heavy atom. The standard InChI is InChI=1S/C22H23N5O/c1-16-6-5-13-27(16)22(28)26-21-15-18(10-12-24-21)17-9-11-23-20(14-17)25-19-7-3-2-4-8-19/h2-4,7-12,14-16H,5-6,13H2,1H3,(H,23,25)(H,24,26,28)/t16-/m1/s1. The van der Waals surface area contributed by atoms with Crippen molar-refractivity contribution >= 4 is 23.4 Å². The summed E-state index contributed by atoms with van der Waals surface area (Å²) >= 11 is 0. The molecule has 0 saturated carbocycles. The molecule has 142 valence electrons. The number of para-hydroxylation sites is 1. The van der Waals surface area contributed by atoms with Crippen molar-refractivity contribution in [3.05, 3.63) is 67.0 Å². The fourth-order valence-corrected chi connectivity index (χ4v) is 3.44. The van der Waals surface area contributed by atoms with Crippen molar-refractivity contribution < 1.29 is 4.79 Å². The number of pyridine rings is 2. The molecule has 1 saturated heterocycles. The highest BCUT2D eigenvalue weighted by Crippen LogP contribution is 2.25. The Labute approximate surface area is 164 Å². The second-order valence-electron chi connectivity index (χ2n) is 6.97. The SMILES string of the molecule is C[C@@H]1CCCN1C(=O)Nc1cc(-c2ccnc(Nc3ccccc3)c2)ccn1. The van der Waals surface area contributed by atoms with Crippen LogP contribution in [0.2, 0.25) is 0 Å². The average molecular weight is 373 g/mol. The molecule has 2 amide bonds. The number of likely N-dealkylation sites (tertiary alicyclic amines) is 1. The van der Waals surface area contributed by atoms with Crippen LogP contribution in [0.25, 0.3) is 11.1 Å². The minimum atomic E-state index is -0.0872. The van der Waals surface area contributed by atoms with Crippen LogP contribution in [0, 0.1) is 0 Å². The lowest BCUT2D eigenvalue weighted by Crippen LogP contribution is -2.37. The van der Waals surface area contributed by atoms with Crippen LogP contribution in [0.4, 0.5) is 22.1 Å². The van der Waals surface area contributed by atoms with Crippen LogP contribution in [0.5, 0.6) is 0 Å². The average Bonchev–Trinajstić information content (AvgIpc) is 3.15. The van der Waals surface area contributed by atoms with Gasteiger partial charge in [-0.3, -0.25) is 5.32 Å². The van der Waals surface area contributed by atoms with Crippen molar-refractivity contribution in [3.8, 4) is 11.1 Å². The van der Waals surface area contributed by atoms with E-state index < -0.39 is 0 Å². The number of aromatic nitrogens is 2. The fraction of sp³-hybridized carbons (Fsp3) is 0.227. The van der Waals surface area contributed by atoms with Gasteiger partial charge in [0.05, 0.1) is 0 Å². The number of nitrogens with zero attached hydrogens (tertiary/aromatic N) is 3. The third-order valence-corrected chi connectivity index (χ3v) is 4.95. The zero-order chi connectivity index (χ0) is 19.3. The number of benzene rings is 1. The summed E-state index contributed by atoms with van der Waals surface area (Å²) in [4.78, 5) is 23.0. The largest absolute Gasteiger partial charge is 0.340 e. The number of urea groups is 1. The van der Waals surface area contributed by atoms with Crippen LogP contribution in [0.3, 0.4) is 0 Å². The molecule has 2 aromatic heterocycles. The normalized spacial score (nSPS) is 16.0. The predicted octanol–water partition coefficient (Wildman–Crippen LogP) is 4.90. The topological polar surface area (TPSA) is 70.2 Å². The van der Waals surface area contributed by atoms with Gasteiger partial charge in [-0.15, -0.1) is 0 Å². The van der Waals surface area contributed by atoms with Gasteiger partial charge >= 0.3 is 6.03 Å². The van der Waals surface area contributed by atoms with Crippen molar-refractivity contribution in [3.63, 3.8) is 0 Å². The van der Waals surface area contributed by atoms with Crippen LogP contribution in [0.1, 0.15) is 19.8 Å². The van der Waals surface area contributed by atoms with E-state index in [1.807, 2.05) is 59.5 Å². The molecule has 0 unspecified atom stereocenters. The predicted molar refractivity (Wildman–Crippen MR) is 112 cm³/mol. The first-order valence-corrected chi connectivity index (χ1v) is 9.51. The number of hydrogen-bond donors (Lipinski definition) is 2. The van der Waals surface area contributed by atoms with E-state index in [1.54, 1.807) is 12.4 Å². The van der Waals surface area contributed by atoms with Gasteiger partial charge in [0.2, 0.25) is 0 Å². The molecule has 28 heavy (non-hydrogen) atoms. The summed E-state index contributed by atoms with van der Waals surface area (Å²) in [6.45, 7) is 2.88. The third kappa shape index (κ3) is 4.11. The number of carbonyl (C=O) groups is 1. The quantitative estimate of drug-likeness (QED) is 0.682. The molecule has 0 spiro atoms. The van der Waals surface area contributed by atoms with Gasteiger partial charge in [-0.2, -0.15) is 0 Å². The van der Waals surface area contributed by atoms with Crippen molar-refractivity contribution in [1.82, 2.24) is 14.9 Å². The Morgan fingerprint density at radius 1 is 1.00 bits per heavy atom. The number of amides is 2. The van der Waals surface area contributed by atoms with Crippen LogP contribution in [-0.2, 0) is 0 Å². The van der Waals surface area contributed by atoms with Crippen LogP contribution in [-0.4, -0.2) is 33.5 Å². The summed E-state index contributed by atoms with van der Waals surface area (Å²) in [5.74, 6) is 1.31. The van der Waals surface area contributed by atoms with Crippen molar-refractivity contribution in [1.29, 1.82) is 0 Å². The van der Waals surface area contributed by atoms with Crippen molar-refractivity contribution in [2.24, 2.45) is 0 Å². The lowest BCUT2D eigenvalue weighted by molar-refractivity contribution is 0.210. The third-order valence-electron chi connectivity index (χ3n) is 4.95. The maximum atomic E-state index is 12.5. The molecule has 4 rings (SSSR count). The summed E-state index contributed by atoms with van der Waals surface area (Å²) in [5, 5.41) is 6.22. The van der Waals surface area contributed by atoms with E-state index in [9.17, 15) is 4.79 Å². The molecule has 6 heteroatoms. The Hall–Kier alpha value is -3.41. The number of nitrogens with one attached hydrogen (secondary N) is 2. The van der Waals surface area contributed by atoms with Gasteiger partial charge in [-0.05, 0) is 67.3 Å². The first kappa shape index (κ1) is 18.0. The molecule has 0 aliphatic carbocycles. The number of rotatable bonds is 4. The van der Waals surface area contributed by atoms with E-state index in [2.05, 4.69) is 27.5 Å². The Balaban J connectivity index is 1.51. The van der Waals surface area contributed by atoms with Gasteiger partial charge in [0.15, 0.2) is 0 Å². The van der Waals surface area contributed by atoms with Gasteiger partial charge < -0.3 is 10.2 Å². The van der Waals surface area contributed by atoms with E-state index in [1.165, 1.54) is 0 Å². The molecule has 1 aliphatic rings. The van der Waals surface area contributed by atoms with Gasteiger partial charge in [0.1, 0.15) is 11.6 Å². The van der Waals surface area contributed by atoms with Crippen LogP contribution < -0.4 is 10.6 Å². The summed E-state index contributed by atoms with van der Waals surface area (Å²) in [6, 6.07) is 17.8. The molecule has 1 aliphatic heterocycles. The Morgan fingerprint density at radius 3 is 2.36 bits per heavy atom. The maximum Gasteiger partial charge on any atom is 0.323 e. The second-order valence-corrected chi connectivity index (χ2v) is 6.97. The summed E-state index contributed by atoms with van der Waals surface area (Å²) < 4.78 is 0. The summed E-state index contributed by atoms with van der Waals surface area (Å²) in [5.41, 5.74) is 2.95. The fourth-order valence-electron chi connectivity index (χ4n) is 3.44. The summed E-state index contributed by atoms with van der Waals surface area (Å²) in [7, 11) is 0. The van der Waals surface area contributed by atoms with Crippen molar-refractivity contribution in [2.75, 3.05) is 17.2 Å².